The summed E-state index contributed by atoms with van der Waals surface area (Å²) in [6.07, 6.45) is -1.06. The van der Waals surface area contributed by atoms with E-state index in [4.69, 9.17) is 21.1 Å². The number of likely N-dealkylation sites (tertiary alicyclic amines) is 1. The quantitative estimate of drug-likeness (QED) is 0.301. The number of anilines is 1. The van der Waals surface area contributed by atoms with Gasteiger partial charge in [0, 0.05) is 19.3 Å². The summed E-state index contributed by atoms with van der Waals surface area (Å²) in [6, 6.07) is 4.07. The molecule has 0 radical (unpaired) electrons. The lowest BCUT2D eigenvalue weighted by Crippen LogP contribution is -2.47. The largest absolute Gasteiger partial charge is 0.505 e. The van der Waals surface area contributed by atoms with Gasteiger partial charge in [0.1, 0.15) is 17.9 Å². The predicted molar refractivity (Wildman–Crippen MR) is 173 cm³/mol. The summed E-state index contributed by atoms with van der Waals surface area (Å²) in [6.45, 7) is 4.13. The van der Waals surface area contributed by atoms with E-state index in [0.717, 1.165) is 28.3 Å². The Labute approximate surface area is 287 Å². The number of benzene rings is 1. The SMILES string of the molecule is Cc1nccc(C(=O)N2CCC3(CC2)O[C@H](C)c2c3c(=O)n3nc(C4=CCOCC4)nc3n2CC(=O)Nc2ccc(C(F)(F)F)cc2Cl)c1O. The summed E-state index contributed by atoms with van der Waals surface area (Å²) in [5.41, 5.74) is -0.700. The molecule has 17 heteroatoms. The van der Waals surface area contributed by atoms with Crippen LogP contribution in [0.15, 0.2) is 41.3 Å². The number of fused-ring (bicyclic) bond motifs is 3. The summed E-state index contributed by atoms with van der Waals surface area (Å²) >= 11 is 6.12. The molecule has 2 N–H and O–H groups in total. The zero-order valence-corrected chi connectivity index (χ0v) is 27.6. The number of aromatic hydroxyl groups is 1. The van der Waals surface area contributed by atoms with Crippen LogP contribution in [-0.2, 0) is 32.6 Å². The van der Waals surface area contributed by atoms with Crippen molar-refractivity contribution >= 4 is 40.5 Å². The first-order chi connectivity index (χ1) is 23.8. The molecule has 50 heavy (non-hydrogen) atoms. The number of carbonyl (C=O) groups excluding carboxylic acids is 2. The molecule has 1 aromatic carbocycles. The molecule has 0 saturated carbocycles. The molecule has 4 aromatic rings. The van der Waals surface area contributed by atoms with Crippen LogP contribution in [0, 0.1) is 6.92 Å². The molecule has 0 bridgehead atoms. The third kappa shape index (κ3) is 5.80. The fourth-order valence-electron chi connectivity index (χ4n) is 6.87. The van der Waals surface area contributed by atoms with Gasteiger partial charge < -0.3 is 29.4 Å². The van der Waals surface area contributed by atoms with Crippen molar-refractivity contribution in [2.75, 3.05) is 31.6 Å². The van der Waals surface area contributed by atoms with E-state index in [-0.39, 0.29) is 65.2 Å². The maximum atomic E-state index is 14.3. The minimum atomic E-state index is -4.62. The molecule has 13 nitrogen and oxygen atoms in total. The maximum absolute atomic E-state index is 14.3. The second-order valence-electron chi connectivity index (χ2n) is 12.4. The number of hydrogen-bond acceptors (Lipinski definition) is 9. The number of alkyl halides is 3. The van der Waals surface area contributed by atoms with E-state index in [1.807, 2.05) is 6.08 Å². The fourth-order valence-corrected chi connectivity index (χ4v) is 7.09. The Morgan fingerprint density at radius 3 is 2.64 bits per heavy atom. The highest BCUT2D eigenvalue weighted by atomic mass is 35.5. The fraction of sp³-hybridized carbons (Fsp3) is 0.394. The van der Waals surface area contributed by atoms with Crippen molar-refractivity contribution in [1.82, 2.24) is 29.0 Å². The summed E-state index contributed by atoms with van der Waals surface area (Å²) in [4.78, 5) is 51.5. The molecule has 1 spiro atoms. The van der Waals surface area contributed by atoms with Crippen molar-refractivity contribution in [3.05, 3.63) is 85.8 Å². The highest BCUT2D eigenvalue weighted by Crippen LogP contribution is 2.48. The predicted octanol–water partition coefficient (Wildman–Crippen LogP) is 4.64. The number of rotatable bonds is 5. The average Bonchev–Trinajstić information content (AvgIpc) is 3.65. The first-order valence-electron chi connectivity index (χ1n) is 15.9. The third-order valence-corrected chi connectivity index (χ3v) is 9.66. The van der Waals surface area contributed by atoms with Crippen LogP contribution in [0.3, 0.4) is 0 Å². The molecular weight excluding hydrogens is 683 g/mol. The van der Waals surface area contributed by atoms with Gasteiger partial charge in [-0.05, 0) is 62.9 Å². The van der Waals surface area contributed by atoms with Crippen LogP contribution in [-0.4, -0.2) is 72.3 Å². The van der Waals surface area contributed by atoms with Crippen molar-refractivity contribution in [3.63, 3.8) is 0 Å². The molecule has 3 aliphatic rings. The number of nitrogens with one attached hydrogen (secondary N) is 1. The zero-order chi connectivity index (χ0) is 35.5. The molecule has 6 heterocycles. The summed E-state index contributed by atoms with van der Waals surface area (Å²) in [7, 11) is 0. The van der Waals surface area contributed by atoms with Crippen molar-refractivity contribution in [2.24, 2.45) is 0 Å². The lowest BCUT2D eigenvalue weighted by atomic mass is 9.85. The molecule has 0 aliphatic carbocycles. The molecule has 1 fully saturated rings. The van der Waals surface area contributed by atoms with E-state index in [0.29, 0.717) is 36.8 Å². The van der Waals surface area contributed by atoms with Crippen molar-refractivity contribution in [3.8, 4) is 5.75 Å². The maximum Gasteiger partial charge on any atom is 0.416 e. The van der Waals surface area contributed by atoms with Gasteiger partial charge in [-0.1, -0.05) is 17.7 Å². The Kier molecular flexibility index (Phi) is 8.43. The molecule has 1 atom stereocenters. The van der Waals surface area contributed by atoms with Gasteiger partial charge in [0.25, 0.3) is 11.5 Å². The standard InChI is InChI=1S/C33H31ClF3N7O6/c1-17-27(46)21(5-10-38-17)29(47)42-11-8-32(9-12-42)25-26(18(2)50-32)43(16-24(45)39-23-4-3-20(15-22(23)34)33(35,36)37)31-40-28(41-44(31)30(25)48)19-6-13-49-14-7-19/h3-6,10,15,18,46H,7-9,11-14,16H2,1-2H3,(H,39,45)/t18-/m1/s1. The first kappa shape index (κ1) is 33.7. The number of pyridine rings is 1. The molecule has 7 rings (SSSR count). The van der Waals surface area contributed by atoms with Gasteiger partial charge in [0.05, 0.1) is 58.1 Å². The van der Waals surface area contributed by atoms with Crippen LogP contribution < -0.4 is 10.9 Å². The van der Waals surface area contributed by atoms with Gasteiger partial charge in [0.15, 0.2) is 5.82 Å². The van der Waals surface area contributed by atoms with E-state index in [9.17, 15) is 32.7 Å². The summed E-state index contributed by atoms with van der Waals surface area (Å²) in [5.74, 6) is -0.851. The Morgan fingerprint density at radius 2 is 1.96 bits per heavy atom. The monoisotopic (exact) mass is 713 g/mol. The van der Waals surface area contributed by atoms with Crippen LogP contribution in [0.2, 0.25) is 5.02 Å². The molecule has 262 valence electrons. The van der Waals surface area contributed by atoms with E-state index in [2.05, 4.69) is 20.4 Å². The molecule has 0 unspecified atom stereocenters. The van der Waals surface area contributed by atoms with Crippen LogP contribution in [0.25, 0.3) is 11.4 Å². The molecule has 2 amide bonds. The van der Waals surface area contributed by atoms with Gasteiger partial charge >= 0.3 is 6.18 Å². The third-order valence-electron chi connectivity index (χ3n) is 9.35. The second-order valence-corrected chi connectivity index (χ2v) is 12.8. The Balaban J connectivity index is 1.26. The highest BCUT2D eigenvalue weighted by molar-refractivity contribution is 6.33. The van der Waals surface area contributed by atoms with Gasteiger partial charge in [0.2, 0.25) is 11.7 Å². The highest BCUT2D eigenvalue weighted by Gasteiger charge is 2.50. The number of aromatic nitrogens is 5. The van der Waals surface area contributed by atoms with Gasteiger partial charge in [-0.25, -0.2) is 0 Å². The zero-order valence-electron chi connectivity index (χ0n) is 26.9. The number of halogens is 4. The van der Waals surface area contributed by atoms with Gasteiger partial charge in [-0.2, -0.15) is 22.7 Å². The van der Waals surface area contributed by atoms with E-state index in [1.54, 1.807) is 18.7 Å². The number of hydrogen-bond donors (Lipinski definition) is 2. The number of piperidine rings is 1. The summed E-state index contributed by atoms with van der Waals surface area (Å²) in [5, 5.41) is 17.3. The number of carbonyl (C=O) groups is 2. The van der Waals surface area contributed by atoms with Crippen LogP contribution in [0.5, 0.6) is 5.75 Å². The number of nitrogens with zero attached hydrogens (tertiary/aromatic N) is 6. The van der Waals surface area contributed by atoms with Crippen LogP contribution in [0.1, 0.15) is 71.0 Å². The molecular formula is C33H31ClF3N7O6. The number of aryl methyl sites for hydroxylation is 1. The van der Waals surface area contributed by atoms with Crippen molar-refractivity contribution in [1.29, 1.82) is 0 Å². The van der Waals surface area contributed by atoms with Crippen molar-refractivity contribution < 1.29 is 37.3 Å². The average molecular weight is 714 g/mol. The normalized spacial score (nSPS) is 18.7. The number of amides is 2. The topological polar surface area (TPSA) is 153 Å². The second kappa shape index (κ2) is 12.5. The minimum absolute atomic E-state index is 0.0267. The van der Waals surface area contributed by atoms with Gasteiger partial charge in [-0.15, -0.1) is 5.10 Å². The minimum Gasteiger partial charge on any atom is -0.505 e. The summed E-state index contributed by atoms with van der Waals surface area (Å²) < 4.78 is 54.2. The van der Waals surface area contributed by atoms with E-state index < -0.39 is 41.5 Å². The van der Waals surface area contributed by atoms with Crippen LogP contribution >= 0.6 is 11.6 Å². The molecule has 3 aromatic heterocycles. The van der Waals surface area contributed by atoms with Gasteiger partial charge in [-0.3, -0.25) is 19.4 Å². The first-order valence-corrected chi connectivity index (χ1v) is 16.2. The Bertz CT molecular complexity index is 2140. The molecule has 1 saturated heterocycles. The number of ether oxygens (including phenoxy) is 2. The van der Waals surface area contributed by atoms with Crippen LogP contribution in [0.4, 0.5) is 18.9 Å². The van der Waals surface area contributed by atoms with E-state index >= 15 is 0 Å². The molecule has 3 aliphatic heterocycles. The smallest absolute Gasteiger partial charge is 0.416 e. The van der Waals surface area contributed by atoms with E-state index in [1.165, 1.54) is 16.8 Å². The Morgan fingerprint density at radius 1 is 1.20 bits per heavy atom. The van der Waals surface area contributed by atoms with Crippen molar-refractivity contribution in [2.45, 2.75) is 57.5 Å². The Hall–Kier alpha value is -4.80. The lowest BCUT2D eigenvalue weighted by molar-refractivity contribution is -0.137. The lowest BCUT2D eigenvalue weighted by Gasteiger charge is -2.39.